The minimum atomic E-state index is -0.413. The van der Waals surface area contributed by atoms with E-state index in [9.17, 15) is 14.4 Å². The first-order valence-corrected chi connectivity index (χ1v) is 6.92. The molecular weight excluding hydrogens is 274 g/mol. The van der Waals surface area contributed by atoms with Gasteiger partial charge < -0.3 is 15.0 Å². The van der Waals surface area contributed by atoms with Crippen LogP contribution in [-0.2, 0) is 20.7 Å². The van der Waals surface area contributed by atoms with Crippen molar-refractivity contribution >= 4 is 11.9 Å². The van der Waals surface area contributed by atoms with Crippen LogP contribution in [0.4, 0.5) is 0 Å². The van der Waals surface area contributed by atoms with Gasteiger partial charge in [-0.3, -0.25) is 9.59 Å². The third-order valence-electron chi connectivity index (χ3n) is 2.98. The Morgan fingerprint density at radius 2 is 2.05 bits per heavy atom. The number of carbonyl (C=O) groups excluding carboxylic acids is 2. The predicted octanol–water partition coefficient (Wildman–Crippen LogP) is 0.389. The van der Waals surface area contributed by atoms with Gasteiger partial charge in [-0.2, -0.15) is 4.98 Å². The van der Waals surface area contributed by atoms with Gasteiger partial charge in [-0.25, -0.2) is 4.79 Å². The maximum Gasteiger partial charge on any atom is 0.345 e. The smallest absolute Gasteiger partial charge is 0.345 e. The minimum absolute atomic E-state index is 0.154. The SMILES string of the molecule is CCOC(=O)CCCNC(=O)Cc1c(C)nc(=O)[nH]c1C. The molecule has 7 heteroatoms. The van der Waals surface area contributed by atoms with Crippen LogP contribution >= 0.6 is 0 Å². The van der Waals surface area contributed by atoms with Crippen LogP contribution in [0, 0.1) is 13.8 Å². The highest BCUT2D eigenvalue weighted by Gasteiger charge is 2.11. The fourth-order valence-electron chi connectivity index (χ4n) is 1.93. The maximum absolute atomic E-state index is 11.8. The first kappa shape index (κ1) is 16.9. The third-order valence-corrected chi connectivity index (χ3v) is 2.98. The van der Waals surface area contributed by atoms with E-state index < -0.39 is 5.69 Å². The molecule has 0 saturated carbocycles. The van der Waals surface area contributed by atoms with Crippen LogP contribution in [0.1, 0.15) is 36.7 Å². The molecule has 1 aromatic heterocycles. The summed E-state index contributed by atoms with van der Waals surface area (Å²) < 4.78 is 4.79. The number of nitrogens with one attached hydrogen (secondary N) is 2. The van der Waals surface area contributed by atoms with E-state index in [2.05, 4.69) is 15.3 Å². The monoisotopic (exact) mass is 295 g/mol. The highest BCUT2D eigenvalue weighted by Crippen LogP contribution is 2.07. The van der Waals surface area contributed by atoms with Crippen molar-refractivity contribution in [2.75, 3.05) is 13.2 Å². The molecule has 7 nitrogen and oxygen atoms in total. The lowest BCUT2D eigenvalue weighted by Gasteiger charge is -2.09. The maximum atomic E-state index is 11.8. The number of esters is 1. The molecule has 0 bridgehead atoms. The van der Waals surface area contributed by atoms with Crippen molar-refractivity contribution in [3.8, 4) is 0 Å². The Morgan fingerprint density at radius 3 is 2.67 bits per heavy atom. The summed E-state index contributed by atoms with van der Waals surface area (Å²) >= 11 is 0. The molecule has 1 rings (SSSR count). The largest absolute Gasteiger partial charge is 0.466 e. The lowest BCUT2D eigenvalue weighted by atomic mass is 10.1. The van der Waals surface area contributed by atoms with Gasteiger partial charge in [-0.1, -0.05) is 0 Å². The van der Waals surface area contributed by atoms with Gasteiger partial charge in [0.1, 0.15) is 0 Å². The number of H-pyrrole nitrogens is 1. The summed E-state index contributed by atoms with van der Waals surface area (Å²) in [5, 5.41) is 2.73. The van der Waals surface area contributed by atoms with Crippen molar-refractivity contribution in [1.82, 2.24) is 15.3 Å². The minimum Gasteiger partial charge on any atom is -0.466 e. The van der Waals surface area contributed by atoms with Crippen molar-refractivity contribution in [1.29, 1.82) is 0 Å². The molecule has 21 heavy (non-hydrogen) atoms. The Morgan fingerprint density at radius 1 is 1.33 bits per heavy atom. The fraction of sp³-hybridized carbons (Fsp3) is 0.571. The quantitative estimate of drug-likeness (QED) is 0.559. The Kier molecular flexibility index (Phi) is 6.58. The lowest BCUT2D eigenvalue weighted by Crippen LogP contribution is -2.28. The molecule has 0 spiro atoms. The molecule has 1 aromatic rings. The van der Waals surface area contributed by atoms with Gasteiger partial charge in [0.05, 0.1) is 13.0 Å². The van der Waals surface area contributed by atoms with Crippen LogP contribution in [0.25, 0.3) is 0 Å². The van der Waals surface area contributed by atoms with Crippen molar-refractivity contribution < 1.29 is 14.3 Å². The van der Waals surface area contributed by atoms with E-state index in [4.69, 9.17) is 4.74 Å². The number of aromatic nitrogens is 2. The standard InChI is InChI=1S/C14H21N3O4/c1-4-21-13(19)6-5-7-15-12(18)8-11-9(2)16-14(20)17-10(11)3/h4-8H2,1-3H3,(H,15,18)(H,16,17,20). The molecule has 1 heterocycles. The first-order valence-electron chi connectivity index (χ1n) is 6.92. The van der Waals surface area contributed by atoms with Crippen molar-refractivity contribution in [3.63, 3.8) is 0 Å². The molecule has 0 unspecified atom stereocenters. The fourth-order valence-corrected chi connectivity index (χ4v) is 1.93. The summed E-state index contributed by atoms with van der Waals surface area (Å²) in [7, 11) is 0. The van der Waals surface area contributed by atoms with Crippen molar-refractivity contribution in [3.05, 3.63) is 27.4 Å². The second-order valence-electron chi connectivity index (χ2n) is 4.67. The number of hydrogen-bond donors (Lipinski definition) is 2. The van der Waals surface area contributed by atoms with Crippen molar-refractivity contribution in [2.24, 2.45) is 0 Å². The number of ether oxygens (including phenoxy) is 1. The van der Waals surface area contributed by atoms with Crippen LogP contribution in [0.2, 0.25) is 0 Å². The predicted molar refractivity (Wildman–Crippen MR) is 76.9 cm³/mol. The summed E-state index contributed by atoms with van der Waals surface area (Å²) in [6.45, 7) is 5.96. The van der Waals surface area contributed by atoms with Crippen LogP contribution < -0.4 is 11.0 Å². The second-order valence-corrected chi connectivity index (χ2v) is 4.67. The van der Waals surface area contributed by atoms with Crippen LogP contribution in [0.3, 0.4) is 0 Å². The average Bonchev–Trinajstić information content (AvgIpc) is 2.39. The van der Waals surface area contributed by atoms with E-state index in [1.807, 2.05) is 0 Å². The molecular formula is C14H21N3O4. The number of aryl methyl sites for hydroxylation is 2. The molecule has 1 amide bonds. The van der Waals surface area contributed by atoms with E-state index in [0.717, 1.165) is 5.56 Å². The molecule has 0 aliphatic heterocycles. The Labute approximate surface area is 123 Å². The highest BCUT2D eigenvalue weighted by atomic mass is 16.5. The third kappa shape index (κ3) is 5.76. The number of hydrogen-bond acceptors (Lipinski definition) is 5. The summed E-state index contributed by atoms with van der Waals surface area (Å²) in [6, 6.07) is 0. The first-order chi connectivity index (χ1) is 9.93. The van der Waals surface area contributed by atoms with E-state index >= 15 is 0 Å². The van der Waals surface area contributed by atoms with Crippen LogP contribution in [0.15, 0.2) is 4.79 Å². The zero-order chi connectivity index (χ0) is 15.8. The molecule has 0 radical (unpaired) electrons. The number of aromatic amines is 1. The number of rotatable bonds is 7. The normalized spacial score (nSPS) is 10.2. The molecule has 2 N–H and O–H groups in total. The zero-order valence-corrected chi connectivity index (χ0v) is 12.6. The molecule has 0 fully saturated rings. The van der Waals surface area contributed by atoms with E-state index in [0.29, 0.717) is 31.0 Å². The van der Waals surface area contributed by atoms with Crippen molar-refractivity contribution in [2.45, 2.75) is 40.0 Å². The topological polar surface area (TPSA) is 101 Å². The lowest BCUT2D eigenvalue weighted by molar-refractivity contribution is -0.143. The second kappa shape index (κ2) is 8.18. The Balaban J connectivity index is 2.41. The van der Waals surface area contributed by atoms with E-state index in [-0.39, 0.29) is 24.7 Å². The molecule has 0 aliphatic carbocycles. The summed E-state index contributed by atoms with van der Waals surface area (Å²) in [6.07, 6.45) is 0.972. The molecule has 0 aliphatic rings. The summed E-state index contributed by atoms with van der Waals surface area (Å²) in [5.74, 6) is -0.429. The van der Waals surface area contributed by atoms with Crippen LogP contribution in [-0.4, -0.2) is 35.0 Å². The molecule has 0 atom stereocenters. The molecule has 116 valence electrons. The average molecular weight is 295 g/mol. The van der Waals surface area contributed by atoms with Gasteiger partial charge in [0.25, 0.3) is 0 Å². The van der Waals surface area contributed by atoms with Gasteiger partial charge in [0, 0.05) is 29.9 Å². The van der Waals surface area contributed by atoms with Crippen LogP contribution in [0.5, 0.6) is 0 Å². The van der Waals surface area contributed by atoms with Gasteiger partial charge in [0.2, 0.25) is 5.91 Å². The van der Waals surface area contributed by atoms with Gasteiger partial charge in [-0.05, 0) is 27.2 Å². The van der Waals surface area contributed by atoms with Gasteiger partial charge in [-0.15, -0.1) is 0 Å². The molecule has 0 saturated heterocycles. The molecule has 0 aromatic carbocycles. The highest BCUT2D eigenvalue weighted by molar-refractivity contribution is 5.79. The Hall–Kier alpha value is -2.18. The number of amides is 1. The summed E-state index contributed by atoms with van der Waals surface area (Å²) in [5.41, 5.74) is 1.51. The summed E-state index contributed by atoms with van der Waals surface area (Å²) in [4.78, 5) is 40.5. The number of nitrogens with zero attached hydrogens (tertiary/aromatic N) is 1. The van der Waals surface area contributed by atoms with E-state index in [1.54, 1.807) is 20.8 Å². The van der Waals surface area contributed by atoms with Gasteiger partial charge in [0.15, 0.2) is 0 Å². The van der Waals surface area contributed by atoms with Gasteiger partial charge >= 0.3 is 11.7 Å². The van der Waals surface area contributed by atoms with E-state index in [1.165, 1.54) is 0 Å². The zero-order valence-electron chi connectivity index (χ0n) is 12.6. The number of carbonyl (C=O) groups is 2. The Bertz CT molecular complexity index is 540.